The van der Waals surface area contributed by atoms with E-state index in [0.717, 1.165) is 24.1 Å². The Morgan fingerprint density at radius 3 is 2.89 bits per heavy atom. The fraction of sp³-hybridized carbons (Fsp3) is 0.214. The van der Waals surface area contributed by atoms with E-state index in [2.05, 4.69) is 10.3 Å². The van der Waals surface area contributed by atoms with E-state index in [9.17, 15) is 4.39 Å². The van der Waals surface area contributed by atoms with Crippen molar-refractivity contribution < 1.29 is 4.39 Å². The average Bonchev–Trinajstić information content (AvgIpc) is 2.40. The first-order chi connectivity index (χ1) is 9.19. The third kappa shape index (κ3) is 3.91. The van der Waals surface area contributed by atoms with Crippen LogP contribution in [-0.4, -0.2) is 11.5 Å². The second-order valence-electron chi connectivity index (χ2n) is 4.20. The monoisotopic (exact) mass is 279 g/mol. The van der Waals surface area contributed by atoms with Crippen molar-refractivity contribution in [3.63, 3.8) is 0 Å². The largest absolute Gasteiger partial charge is 0.338 e. The molecule has 0 fully saturated rings. The number of nitrogens with one attached hydrogen (secondary N) is 1. The van der Waals surface area contributed by atoms with Crippen LogP contribution in [0.2, 0.25) is 5.02 Å². The molecule has 0 aliphatic carbocycles. The lowest BCUT2D eigenvalue weighted by Gasteiger charge is -2.08. The van der Waals surface area contributed by atoms with Crippen LogP contribution in [0, 0.1) is 5.82 Å². The molecule has 0 unspecified atom stereocenters. The highest BCUT2D eigenvalue weighted by molar-refractivity contribution is 6.30. The zero-order valence-electron chi connectivity index (χ0n) is 10.4. The molecule has 0 atom stereocenters. The summed E-state index contributed by atoms with van der Waals surface area (Å²) >= 11 is 5.66. The molecule has 1 heterocycles. The van der Waals surface area contributed by atoms with Crippen molar-refractivity contribution in [3.8, 4) is 0 Å². The third-order valence-electron chi connectivity index (χ3n) is 2.67. The van der Waals surface area contributed by atoms with Crippen LogP contribution < -0.4 is 11.1 Å². The van der Waals surface area contributed by atoms with Crippen molar-refractivity contribution in [3.05, 3.63) is 52.9 Å². The Morgan fingerprint density at radius 1 is 1.32 bits per heavy atom. The topological polar surface area (TPSA) is 50.9 Å². The molecule has 0 amide bonds. The van der Waals surface area contributed by atoms with Gasteiger partial charge in [0.1, 0.15) is 0 Å². The Kier molecular flexibility index (Phi) is 4.71. The molecule has 0 aliphatic rings. The van der Waals surface area contributed by atoms with Crippen molar-refractivity contribution >= 4 is 23.1 Å². The first-order valence-corrected chi connectivity index (χ1v) is 6.44. The van der Waals surface area contributed by atoms with Gasteiger partial charge in [-0.3, -0.25) is 0 Å². The maximum Gasteiger partial charge on any atom is 0.167 e. The number of nitrogens with two attached hydrogens (primary N) is 1. The summed E-state index contributed by atoms with van der Waals surface area (Å²) in [5, 5.41) is 3.22. The van der Waals surface area contributed by atoms with E-state index >= 15 is 0 Å². The number of hydrogen-bond acceptors (Lipinski definition) is 3. The van der Waals surface area contributed by atoms with Crippen LogP contribution in [0.25, 0.3) is 0 Å². The van der Waals surface area contributed by atoms with Crippen LogP contribution in [-0.2, 0) is 6.42 Å². The van der Waals surface area contributed by atoms with Gasteiger partial charge in [-0.2, -0.15) is 0 Å². The molecular formula is C14H15ClFN3. The molecule has 1 aromatic carbocycles. The molecule has 1 aromatic heterocycles. The Balaban J connectivity index is 2.14. The molecule has 2 aromatic rings. The normalized spacial score (nSPS) is 10.5. The second kappa shape index (κ2) is 6.50. The highest BCUT2D eigenvalue weighted by atomic mass is 35.5. The highest BCUT2D eigenvalue weighted by Crippen LogP contribution is 2.21. The summed E-state index contributed by atoms with van der Waals surface area (Å²) in [6.07, 6.45) is 3.24. The van der Waals surface area contributed by atoms with Crippen LogP contribution in [0.1, 0.15) is 12.0 Å². The van der Waals surface area contributed by atoms with Gasteiger partial charge < -0.3 is 11.1 Å². The quantitative estimate of drug-likeness (QED) is 0.881. The number of aromatic nitrogens is 1. The Morgan fingerprint density at radius 2 is 2.16 bits per heavy atom. The van der Waals surface area contributed by atoms with Crippen molar-refractivity contribution in [2.24, 2.45) is 5.73 Å². The lowest BCUT2D eigenvalue weighted by atomic mass is 10.1. The van der Waals surface area contributed by atoms with Gasteiger partial charge in [0.15, 0.2) is 11.6 Å². The van der Waals surface area contributed by atoms with Gasteiger partial charge in [-0.15, -0.1) is 0 Å². The molecule has 0 saturated heterocycles. The number of nitrogens with zero attached hydrogens (tertiary/aromatic N) is 1. The van der Waals surface area contributed by atoms with Crippen molar-refractivity contribution in [1.29, 1.82) is 0 Å². The molecule has 0 radical (unpaired) electrons. The molecule has 3 nitrogen and oxygen atoms in total. The second-order valence-corrected chi connectivity index (χ2v) is 4.64. The van der Waals surface area contributed by atoms with E-state index in [4.69, 9.17) is 17.3 Å². The van der Waals surface area contributed by atoms with Gasteiger partial charge in [0.05, 0.1) is 5.02 Å². The smallest absolute Gasteiger partial charge is 0.167 e. The van der Waals surface area contributed by atoms with Crippen LogP contribution in [0.5, 0.6) is 0 Å². The lowest BCUT2D eigenvalue weighted by molar-refractivity contribution is 0.626. The summed E-state index contributed by atoms with van der Waals surface area (Å²) in [5.41, 5.74) is 7.44. The molecule has 0 aliphatic heterocycles. The summed E-state index contributed by atoms with van der Waals surface area (Å²) in [6.45, 7) is 0.658. The fourth-order valence-corrected chi connectivity index (χ4v) is 1.90. The van der Waals surface area contributed by atoms with E-state index in [1.165, 1.54) is 12.3 Å². The van der Waals surface area contributed by atoms with Gasteiger partial charge in [-0.1, -0.05) is 23.7 Å². The van der Waals surface area contributed by atoms with Crippen LogP contribution >= 0.6 is 11.6 Å². The fourth-order valence-electron chi connectivity index (χ4n) is 1.75. The molecular weight excluding hydrogens is 265 g/mol. The van der Waals surface area contributed by atoms with Crippen LogP contribution in [0.4, 0.5) is 15.9 Å². The standard InChI is InChI=1S/C14H15ClFN3/c15-11-8-13(16)14(18-9-11)19-12-5-1-3-10(7-12)4-2-6-17/h1,3,5,7-9H,2,4,6,17H2,(H,18,19). The van der Waals surface area contributed by atoms with Crippen molar-refractivity contribution in [2.45, 2.75) is 12.8 Å². The van der Waals surface area contributed by atoms with Crippen molar-refractivity contribution in [1.82, 2.24) is 4.98 Å². The van der Waals surface area contributed by atoms with Gasteiger partial charge in [0, 0.05) is 11.9 Å². The number of rotatable bonds is 5. The SMILES string of the molecule is NCCCc1cccc(Nc2ncc(Cl)cc2F)c1. The van der Waals surface area contributed by atoms with E-state index in [1.807, 2.05) is 24.3 Å². The Bertz CT molecular complexity index is 560. The summed E-state index contributed by atoms with van der Waals surface area (Å²) in [6, 6.07) is 9.00. The lowest BCUT2D eigenvalue weighted by Crippen LogP contribution is -2.01. The van der Waals surface area contributed by atoms with Crippen LogP contribution in [0.3, 0.4) is 0 Å². The minimum absolute atomic E-state index is 0.167. The summed E-state index contributed by atoms with van der Waals surface area (Å²) in [5.74, 6) is -0.305. The summed E-state index contributed by atoms with van der Waals surface area (Å²) in [7, 11) is 0. The van der Waals surface area contributed by atoms with Crippen molar-refractivity contribution in [2.75, 3.05) is 11.9 Å². The molecule has 19 heavy (non-hydrogen) atoms. The molecule has 5 heteroatoms. The first kappa shape index (κ1) is 13.8. The predicted octanol–water partition coefficient (Wildman–Crippen LogP) is 3.51. The summed E-state index contributed by atoms with van der Waals surface area (Å²) < 4.78 is 13.6. The molecule has 0 spiro atoms. The minimum atomic E-state index is -0.472. The zero-order valence-corrected chi connectivity index (χ0v) is 11.1. The molecule has 0 bridgehead atoms. The number of hydrogen-bond donors (Lipinski definition) is 2. The van der Waals surface area contributed by atoms with E-state index in [0.29, 0.717) is 6.54 Å². The third-order valence-corrected chi connectivity index (χ3v) is 2.87. The van der Waals surface area contributed by atoms with Gasteiger partial charge >= 0.3 is 0 Å². The van der Waals surface area contributed by atoms with E-state index in [1.54, 1.807) is 0 Å². The number of halogens is 2. The molecule has 3 N–H and O–H groups in total. The Hall–Kier alpha value is -1.65. The van der Waals surface area contributed by atoms with Gasteiger partial charge in [0.25, 0.3) is 0 Å². The van der Waals surface area contributed by atoms with Gasteiger partial charge in [-0.05, 0) is 43.1 Å². The summed E-state index contributed by atoms with van der Waals surface area (Å²) in [4.78, 5) is 3.93. The van der Waals surface area contributed by atoms with Gasteiger partial charge in [0.2, 0.25) is 0 Å². The predicted molar refractivity (Wildman–Crippen MR) is 76.3 cm³/mol. The number of pyridine rings is 1. The Labute approximate surface area is 116 Å². The number of aryl methyl sites for hydroxylation is 1. The minimum Gasteiger partial charge on any atom is -0.338 e. The average molecular weight is 280 g/mol. The highest BCUT2D eigenvalue weighted by Gasteiger charge is 2.05. The van der Waals surface area contributed by atoms with Crippen LogP contribution in [0.15, 0.2) is 36.5 Å². The number of anilines is 2. The zero-order chi connectivity index (χ0) is 13.7. The van der Waals surface area contributed by atoms with E-state index < -0.39 is 5.82 Å². The molecule has 100 valence electrons. The number of benzene rings is 1. The first-order valence-electron chi connectivity index (χ1n) is 6.06. The maximum atomic E-state index is 13.6. The van der Waals surface area contributed by atoms with Gasteiger partial charge in [-0.25, -0.2) is 9.37 Å². The molecule has 0 saturated carbocycles. The molecule has 2 rings (SSSR count). The van der Waals surface area contributed by atoms with E-state index in [-0.39, 0.29) is 10.8 Å². The maximum absolute atomic E-state index is 13.6.